The van der Waals surface area contributed by atoms with Crippen LogP contribution in [0.3, 0.4) is 0 Å². The molecule has 0 bridgehead atoms. The van der Waals surface area contributed by atoms with Gasteiger partial charge < -0.3 is 19.5 Å². The average molecular weight is 644 g/mol. The van der Waals surface area contributed by atoms with Crippen LogP contribution in [0.4, 0.5) is 14.5 Å². The van der Waals surface area contributed by atoms with Crippen molar-refractivity contribution in [3.05, 3.63) is 101 Å². The molecule has 1 aliphatic heterocycles. The normalized spacial score (nSPS) is 16.1. The number of amides is 2. The number of ether oxygens (including phenoxy) is 1. The monoisotopic (exact) mass is 643 g/mol. The number of anilines is 1. The van der Waals surface area contributed by atoms with E-state index in [1.165, 1.54) is 31.5 Å². The van der Waals surface area contributed by atoms with Crippen LogP contribution in [0.2, 0.25) is 5.02 Å². The van der Waals surface area contributed by atoms with Gasteiger partial charge in [-0.2, -0.15) is 0 Å². The number of hydrogen-bond donors (Lipinski definition) is 1. The first-order valence-electron chi connectivity index (χ1n) is 14.5. The van der Waals surface area contributed by atoms with E-state index in [0.29, 0.717) is 44.4 Å². The molecule has 0 unspecified atom stereocenters. The smallest absolute Gasteiger partial charge is 0.247 e. The summed E-state index contributed by atoms with van der Waals surface area (Å²) in [4.78, 5) is 48.9. The maximum atomic E-state index is 15.5. The number of likely N-dealkylation sites (tertiary alicyclic amines) is 1. The van der Waals surface area contributed by atoms with Crippen LogP contribution >= 0.6 is 11.6 Å². The Labute approximate surface area is 267 Å². The number of halogens is 3. The second-order valence-electron chi connectivity index (χ2n) is 11.0. The molecule has 2 atom stereocenters. The Morgan fingerprint density at radius 3 is 2.50 bits per heavy atom. The second-order valence-corrected chi connectivity index (χ2v) is 11.4. The van der Waals surface area contributed by atoms with Crippen LogP contribution in [-0.2, 0) is 16.1 Å². The third-order valence-electron chi connectivity index (χ3n) is 7.82. The molecule has 2 amide bonds. The van der Waals surface area contributed by atoms with E-state index >= 15 is 4.39 Å². The predicted molar refractivity (Wildman–Crippen MR) is 169 cm³/mol. The average Bonchev–Trinajstić information content (AvgIpc) is 3.60. The van der Waals surface area contributed by atoms with Gasteiger partial charge in [-0.05, 0) is 44.2 Å². The number of fused-ring (bicyclic) bond motifs is 1. The van der Waals surface area contributed by atoms with Gasteiger partial charge in [0.05, 0.1) is 24.6 Å². The topological polar surface area (TPSA) is 106 Å². The summed E-state index contributed by atoms with van der Waals surface area (Å²) >= 11 is 6.26. The number of carbonyl (C=O) groups excluding carboxylic acids is 3. The van der Waals surface area contributed by atoms with E-state index in [2.05, 4.69) is 15.3 Å². The van der Waals surface area contributed by atoms with Crippen molar-refractivity contribution in [3.8, 4) is 22.6 Å². The number of aryl methyl sites for hydroxylation is 1. The van der Waals surface area contributed by atoms with Crippen LogP contribution in [0.25, 0.3) is 22.0 Å². The van der Waals surface area contributed by atoms with Crippen molar-refractivity contribution in [2.75, 3.05) is 11.9 Å². The molecule has 6 rings (SSSR count). The maximum Gasteiger partial charge on any atom is 0.247 e. The maximum absolute atomic E-state index is 15.5. The number of nitrogens with one attached hydrogen (secondary N) is 1. The summed E-state index contributed by atoms with van der Waals surface area (Å²) in [7, 11) is 0. The molecule has 3 aromatic carbocycles. The highest BCUT2D eigenvalue weighted by molar-refractivity contribution is 6.33. The molecule has 2 aromatic heterocycles. The van der Waals surface area contributed by atoms with Gasteiger partial charge in [0.25, 0.3) is 0 Å². The first-order chi connectivity index (χ1) is 22.1. The second kappa shape index (κ2) is 12.7. The minimum Gasteiger partial charge on any atom is -0.454 e. The molecule has 9 nitrogen and oxygen atoms in total. The third-order valence-corrected chi connectivity index (χ3v) is 8.15. The zero-order valence-electron chi connectivity index (χ0n) is 24.8. The van der Waals surface area contributed by atoms with Gasteiger partial charge in [-0.3, -0.25) is 14.4 Å². The Bertz CT molecular complexity index is 1980. The summed E-state index contributed by atoms with van der Waals surface area (Å²) in [6, 6.07) is 15.1. The molecule has 1 N–H and O–H groups in total. The molecule has 12 heteroatoms. The number of Topliss-reactive ketones (excluding diaryl/α,β-unsaturated/α-hetero) is 1. The lowest BCUT2D eigenvalue weighted by Gasteiger charge is -2.24. The fraction of sp³-hybridized carbons (Fsp3) is 0.206. The molecule has 234 valence electrons. The van der Waals surface area contributed by atoms with Gasteiger partial charge in [0.2, 0.25) is 11.8 Å². The molecule has 0 saturated carbocycles. The largest absolute Gasteiger partial charge is 0.454 e. The van der Waals surface area contributed by atoms with Crippen molar-refractivity contribution in [1.29, 1.82) is 0 Å². The van der Waals surface area contributed by atoms with Crippen LogP contribution in [0.5, 0.6) is 11.5 Å². The fourth-order valence-corrected chi connectivity index (χ4v) is 5.84. The van der Waals surface area contributed by atoms with Gasteiger partial charge >= 0.3 is 0 Å². The quantitative estimate of drug-likeness (QED) is 0.187. The van der Waals surface area contributed by atoms with E-state index < -0.39 is 29.8 Å². The number of rotatable bonds is 8. The Morgan fingerprint density at radius 2 is 1.76 bits per heavy atom. The zero-order valence-corrected chi connectivity index (χ0v) is 25.6. The minimum absolute atomic E-state index is 0.116. The van der Waals surface area contributed by atoms with Gasteiger partial charge in [0, 0.05) is 45.2 Å². The molecule has 1 saturated heterocycles. The Morgan fingerprint density at radius 1 is 1.02 bits per heavy atom. The van der Waals surface area contributed by atoms with Gasteiger partial charge in [0.15, 0.2) is 17.3 Å². The number of ketones is 1. The highest BCUT2D eigenvalue weighted by Crippen LogP contribution is 2.34. The molecule has 3 heterocycles. The van der Waals surface area contributed by atoms with Crippen molar-refractivity contribution in [2.45, 2.75) is 39.0 Å². The van der Waals surface area contributed by atoms with E-state index in [1.807, 2.05) is 0 Å². The van der Waals surface area contributed by atoms with E-state index in [1.54, 1.807) is 66.2 Å². The summed E-state index contributed by atoms with van der Waals surface area (Å²) in [5.74, 6) is -0.731. The van der Waals surface area contributed by atoms with Gasteiger partial charge in [-0.1, -0.05) is 41.9 Å². The molecule has 1 aliphatic rings. The molecule has 1 fully saturated rings. The first kappa shape index (κ1) is 30.8. The first-order valence-corrected chi connectivity index (χ1v) is 14.8. The molecule has 0 radical (unpaired) electrons. The number of nitrogens with zero attached hydrogens (tertiary/aromatic N) is 4. The lowest BCUT2D eigenvalue weighted by atomic mass is 10.0. The fourth-order valence-electron chi connectivity index (χ4n) is 5.60. The molecule has 0 aliphatic carbocycles. The lowest BCUT2D eigenvalue weighted by molar-refractivity contribution is -0.137. The van der Waals surface area contributed by atoms with E-state index in [9.17, 15) is 18.8 Å². The summed E-state index contributed by atoms with van der Waals surface area (Å²) in [5, 5.41) is 3.43. The zero-order chi connectivity index (χ0) is 32.5. The molecular formula is C34H28ClF2N5O4. The van der Waals surface area contributed by atoms with E-state index in [-0.39, 0.29) is 36.5 Å². The minimum atomic E-state index is -1.45. The molecule has 46 heavy (non-hydrogen) atoms. The SMILES string of the molecule is CC(=O)c1cn(CC(=O)N2C[C@H](F)C[C@H]2C(=O)Nc2cccc(-c3ccccc3Cl)c2F)c2ccc(Oc3cnc(C)nc3)cc12. The van der Waals surface area contributed by atoms with E-state index in [4.69, 9.17) is 16.3 Å². The highest BCUT2D eigenvalue weighted by atomic mass is 35.5. The van der Waals surface area contributed by atoms with Crippen LogP contribution in [0, 0.1) is 12.7 Å². The Hall–Kier alpha value is -5.16. The van der Waals surface area contributed by atoms with Crippen molar-refractivity contribution in [1.82, 2.24) is 19.4 Å². The predicted octanol–water partition coefficient (Wildman–Crippen LogP) is 6.77. The summed E-state index contributed by atoms with van der Waals surface area (Å²) in [6.45, 7) is 2.61. The number of aromatic nitrogens is 3. The Balaban J connectivity index is 1.22. The highest BCUT2D eigenvalue weighted by Gasteiger charge is 2.40. The summed E-state index contributed by atoms with van der Waals surface area (Å²) in [5.41, 5.74) is 1.45. The van der Waals surface area contributed by atoms with E-state index in [0.717, 1.165) is 4.90 Å². The van der Waals surface area contributed by atoms with Crippen molar-refractivity contribution < 1.29 is 27.9 Å². The van der Waals surface area contributed by atoms with Gasteiger partial charge in [0.1, 0.15) is 30.3 Å². The summed E-state index contributed by atoms with van der Waals surface area (Å²) < 4.78 is 37.7. The number of carbonyl (C=O) groups is 3. The van der Waals surface area contributed by atoms with Crippen LogP contribution in [0.15, 0.2) is 79.3 Å². The van der Waals surface area contributed by atoms with Crippen molar-refractivity contribution in [3.63, 3.8) is 0 Å². The standard InChI is InChI=1S/C34H28ClF2N5O4/c1-19(43)27-17-41(30-11-10-22(13-26(27)30)46-23-14-38-20(2)39-15-23)18-32(44)42-16-21(36)12-31(42)34(45)40-29-9-5-7-25(33(29)37)24-6-3-4-8-28(24)35/h3-11,13-15,17,21,31H,12,16,18H2,1-2H3,(H,40,45)/t21-,31+/m1/s1. The molecular weight excluding hydrogens is 616 g/mol. The summed E-state index contributed by atoms with van der Waals surface area (Å²) in [6.07, 6.45) is 2.94. The number of benzene rings is 3. The number of hydrogen-bond acceptors (Lipinski definition) is 6. The van der Waals surface area contributed by atoms with Crippen molar-refractivity contribution in [2.24, 2.45) is 0 Å². The Kier molecular flexibility index (Phi) is 8.50. The van der Waals surface area contributed by atoms with Gasteiger partial charge in [-0.25, -0.2) is 18.7 Å². The van der Waals surface area contributed by atoms with Crippen LogP contribution in [-0.4, -0.2) is 55.8 Å². The number of alkyl halides is 1. The van der Waals surface area contributed by atoms with Crippen LogP contribution in [0.1, 0.15) is 29.5 Å². The van der Waals surface area contributed by atoms with Crippen molar-refractivity contribution >= 4 is 45.8 Å². The van der Waals surface area contributed by atoms with Gasteiger partial charge in [-0.15, -0.1) is 0 Å². The lowest BCUT2D eigenvalue weighted by Crippen LogP contribution is -2.44. The van der Waals surface area contributed by atoms with Crippen LogP contribution < -0.4 is 10.1 Å². The molecule has 5 aromatic rings. The molecule has 0 spiro atoms. The third kappa shape index (κ3) is 6.18.